The van der Waals surface area contributed by atoms with Crippen molar-refractivity contribution in [1.82, 2.24) is 20.2 Å². The fourth-order valence-corrected chi connectivity index (χ4v) is 3.76. The number of pyridine rings is 1. The van der Waals surface area contributed by atoms with Gasteiger partial charge in [-0.3, -0.25) is 9.78 Å². The molecule has 6 heteroatoms. The van der Waals surface area contributed by atoms with Crippen molar-refractivity contribution in [1.29, 1.82) is 0 Å². The molecule has 3 heterocycles. The third kappa shape index (κ3) is 4.61. The Balaban J connectivity index is 1.75. The summed E-state index contributed by atoms with van der Waals surface area (Å²) >= 11 is 1.60. The highest BCUT2D eigenvalue weighted by Gasteiger charge is 2.25. The Morgan fingerprint density at radius 1 is 1.33 bits per heavy atom. The van der Waals surface area contributed by atoms with Gasteiger partial charge in [0, 0.05) is 17.6 Å². The Labute approximate surface area is 147 Å². The summed E-state index contributed by atoms with van der Waals surface area (Å²) in [6.45, 7) is 4.55. The number of aromatic nitrogens is 2. The van der Waals surface area contributed by atoms with Crippen LogP contribution in [0.3, 0.4) is 0 Å². The molecule has 0 aliphatic carbocycles. The summed E-state index contributed by atoms with van der Waals surface area (Å²) in [5.41, 5.74) is 1.82. The highest BCUT2D eigenvalue weighted by molar-refractivity contribution is 7.09. The second-order valence-electron chi connectivity index (χ2n) is 6.21. The lowest BCUT2D eigenvalue weighted by Crippen LogP contribution is -2.41. The first-order valence-corrected chi connectivity index (χ1v) is 9.41. The van der Waals surface area contributed by atoms with Crippen molar-refractivity contribution in [2.45, 2.75) is 45.2 Å². The van der Waals surface area contributed by atoms with Crippen molar-refractivity contribution < 1.29 is 4.79 Å². The molecule has 0 unspecified atom stereocenters. The summed E-state index contributed by atoms with van der Waals surface area (Å²) in [7, 11) is 0. The first-order chi connectivity index (χ1) is 11.7. The molecule has 1 aliphatic heterocycles. The molecule has 0 aromatic carbocycles. The number of thiazole rings is 1. The largest absolute Gasteiger partial charge is 0.333 e. The first-order valence-electron chi connectivity index (χ1n) is 8.53. The molecule has 2 aromatic rings. The third-order valence-corrected chi connectivity index (χ3v) is 5.19. The van der Waals surface area contributed by atoms with E-state index in [1.807, 2.05) is 35.4 Å². The first kappa shape index (κ1) is 17.0. The number of amides is 1. The van der Waals surface area contributed by atoms with E-state index >= 15 is 0 Å². The summed E-state index contributed by atoms with van der Waals surface area (Å²) in [6.07, 6.45) is 5.31. The Morgan fingerprint density at radius 3 is 3.00 bits per heavy atom. The molecule has 1 fully saturated rings. The number of nitrogens with one attached hydrogen (secondary N) is 1. The lowest BCUT2D eigenvalue weighted by Gasteiger charge is -2.31. The van der Waals surface area contributed by atoms with Crippen LogP contribution in [0.2, 0.25) is 0 Å². The molecule has 1 atom stereocenters. The average molecular weight is 344 g/mol. The molecule has 1 aliphatic rings. The summed E-state index contributed by atoms with van der Waals surface area (Å²) in [6, 6.07) is 6.14. The predicted octanol–water partition coefficient (Wildman–Crippen LogP) is 2.56. The zero-order valence-corrected chi connectivity index (χ0v) is 14.9. The molecule has 0 radical (unpaired) electrons. The van der Waals surface area contributed by atoms with Gasteiger partial charge in [0.15, 0.2) is 0 Å². The number of aryl methyl sites for hydroxylation is 1. The van der Waals surface area contributed by atoms with Gasteiger partial charge in [0.1, 0.15) is 0 Å². The van der Waals surface area contributed by atoms with E-state index in [-0.39, 0.29) is 11.9 Å². The zero-order chi connectivity index (χ0) is 16.8. The van der Waals surface area contributed by atoms with Crippen LogP contribution in [0.1, 0.15) is 35.7 Å². The quantitative estimate of drug-likeness (QED) is 0.906. The van der Waals surface area contributed by atoms with Crippen molar-refractivity contribution in [3.8, 4) is 0 Å². The van der Waals surface area contributed by atoms with Crippen LogP contribution >= 0.6 is 11.3 Å². The van der Waals surface area contributed by atoms with Crippen LogP contribution < -0.4 is 5.32 Å². The number of nitrogens with zero attached hydrogens (tertiary/aromatic N) is 3. The van der Waals surface area contributed by atoms with Crippen LogP contribution in [-0.2, 0) is 17.8 Å². The van der Waals surface area contributed by atoms with Crippen LogP contribution in [0.5, 0.6) is 0 Å². The lowest BCUT2D eigenvalue weighted by atomic mass is 10.1. The monoisotopic (exact) mass is 344 g/mol. The molecule has 5 nitrogen and oxygen atoms in total. The van der Waals surface area contributed by atoms with E-state index in [1.54, 1.807) is 17.5 Å². The van der Waals surface area contributed by atoms with E-state index in [2.05, 4.69) is 15.3 Å². The Morgan fingerprint density at radius 2 is 2.25 bits per heavy atom. The van der Waals surface area contributed by atoms with Crippen LogP contribution in [0.15, 0.2) is 29.8 Å². The van der Waals surface area contributed by atoms with Gasteiger partial charge in [-0.2, -0.15) is 0 Å². The molecule has 0 spiro atoms. The van der Waals surface area contributed by atoms with Crippen LogP contribution in [-0.4, -0.2) is 39.9 Å². The number of hydrogen-bond donors (Lipinski definition) is 1. The highest BCUT2D eigenvalue weighted by Crippen LogP contribution is 2.18. The Hall–Kier alpha value is -1.79. The van der Waals surface area contributed by atoms with Crippen LogP contribution in [0, 0.1) is 6.92 Å². The third-order valence-electron chi connectivity index (χ3n) is 4.36. The molecular weight excluding hydrogens is 320 g/mol. The van der Waals surface area contributed by atoms with Crippen molar-refractivity contribution in [3.63, 3.8) is 0 Å². The van der Waals surface area contributed by atoms with Gasteiger partial charge in [0.25, 0.3) is 0 Å². The highest BCUT2D eigenvalue weighted by atomic mass is 32.1. The van der Waals surface area contributed by atoms with E-state index in [9.17, 15) is 4.79 Å². The molecule has 2 aromatic heterocycles. The van der Waals surface area contributed by atoms with Gasteiger partial charge in [-0.1, -0.05) is 6.07 Å². The van der Waals surface area contributed by atoms with Crippen molar-refractivity contribution in [3.05, 3.63) is 46.2 Å². The summed E-state index contributed by atoms with van der Waals surface area (Å²) < 4.78 is 0. The molecule has 1 N–H and O–H groups in total. The van der Waals surface area contributed by atoms with E-state index in [4.69, 9.17) is 0 Å². The minimum atomic E-state index is 0.151. The number of carbonyl (C=O) groups excluding carboxylic acids is 1. The molecule has 1 amide bonds. The summed E-state index contributed by atoms with van der Waals surface area (Å²) in [5.74, 6) is 0.151. The molecule has 0 bridgehead atoms. The Bertz CT molecular complexity index is 650. The molecule has 24 heavy (non-hydrogen) atoms. The van der Waals surface area contributed by atoms with Gasteiger partial charge in [0.05, 0.1) is 29.4 Å². The van der Waals surface area contributed by atoms with Gasteiger partial charge < -0.3 is 10.2 Å². The SMILES string of the molecule is Cc1nc(CC(=O)N(Cc2ccccn2)[C@@H]2CCCNCC2)cs1. The standard InChI is InChI=1S/C18H24N4OS/c1-14-21-16(13-24-14)11-18(23)22(12-15-5-2-3-9-20-15)17-6-4-8-19-10-7-17/h2-3,5,9,13,17,19H,4,6-8,10-12H2,1H3/t17-/m1/s1. The summed E-state index contributed by atoms with van der Waals surface area (Å²) in [5, 5.41) is 6.42. The van der Waals surface area contributed by atoms with E-state index in [1.165, 1.54) is 0 Å². The maximum absolute atomic E-state index is 13.0. The van der Waals surface area contributed by atoms with E-state index in [0.717, 1.165) is 48.7 Å². The van der Waals surface area contributed by atoms with Crippen molar-refractivity contribution in [2.75, 3.05) is 13.1 Å². The average Bonchev–Trinajstić information content (AvgIpc) is 2.84. The maximum Gasteiger partial charge on any atom is 0.229 e. The Kier molecular flexibility index (Phi) is 5.93. The van der Waals surface area contributed by atoms with Gasteiger partial charge in [-0.15, -0.1) is 11.3 Å². The minimum absolute atomic E-state index is 0.151. The topological polar surface area (TPSA) is 58.1 Å². The fourth-order valence-electron chi connectivity index (χ4n) is 3.15. The normalized spacial score (nSPS) is 18.1. The fraction of sp³-hybridized carbons (Fsp3) is 0.500. The smallest absolute Gasteiger partial charge is 0.229 e. The molecule has 3 rings (SSSR count). The van der Waals surface area contributed by atoms with Gasteiger partial charge in [-0.25, -0.2) is 4.98 Å². The maximum atomic E-state index is 13.0. The van der Waals surface area contributed by atoms with Crippen molar-refractivity contribution in [2.24, 2.45) is 0 Å². The van der Waals surface area contributed by atoms with E-state index < -0.39 is 0 Å². The van der Waals surface area contributed by atoms with Crippen molar-refractivity contribution >= 4 is 17.2 Å². The molecule has 0 saturated carbocycles. The minimum Gasteiger partial charge on any atom is -0.333 e. The van der Waals surface area contributed by atoms with Crippen LogP contribution in [0.4, 0.5) is 0 Å². The molecular formula is C18H24N4OS. The number of rotatable bonds is 5. The van der Waals surface area contributed by atoms with Gasteiger partial charge in [-0.05, 0) is 51.4 Å². The predicted molar refractivity (Wildman–Crippen MR) is 95.9 cm³/mol. The van der Waals surface area contributed by atoms with Crippen LogP contribution in [0.25, 0.3) is 0 Å². The molecule has 1 saturated heterocycles. The van der Waals surface area contributed by atoms with Gasteiger partial charge in [0.2, 0.25) is 5.91 Å². The number of hydrogen-bond acceptors (Lipinski definition) is 5. The second-order valence-corrected chi connectivity index (χ2v) is 7.27. The second kappa shape index (κ2) is 8.35. The molecule has 128 valence electrons. The lowest BCUT2D eigenvalue weighted by molar-refractivity contribution is -0.133. The van der Waals surface area contributed by atoms with E-state index in [0.29, 0.717) is 13.0 Å². The number of carbonyl (C=O) groups is 1. The van der Waals surface area contributed by atoms with Gasteiger partial charge >= 0.3 is 0 Å². The summed E-state index contributed by atoms with van der Waals surface area (Å²) in [4.78, 5) is 23.9. The zero-order valence-electron chi connectivity index (χ0n) is 14.1.